The summed E-state index contributed by atoms with van der Waals surface area (Å²) in [5.74, 6) is -0.00607. The van der Waals surface area contributed by atoms with Gasteiger partial charge in [0.05, 0.1) is 29.7 Å². The number of fused-ring (bicyclic) bond motifs is 1. The molecule has 5 N–H and O–H groups in total. The molecule has 53 heavy (non-hydrogen) atoms. The molecule has 1 unspecified atom stereocenters. The largest absolute Gasteiger partial charge is 0.480 e. The Morgan fingerprint density at radius 3 is 1.92 bits per heavy atom. The van der Waals surface area contributed by atoms with Crippen molar-refractivity contribution >= 4 is 40.2 Å². The second-order valence-corrected chi connectivity index (χ2v) is 14.2. The maximum Gasteiger partial charge on any atom is 0.326 e. The van der Waals surface area contributed by atoms with Crippen LogP contribution in [0.25, 0.3) is 22.0 Å². The third kappa shape index (κ3) is 7.21. The minimum Gasteiger partial charge on any atom is -0.480 e. The Labute approximate surface area is 313 Å². The quantitative estimate of drug-likeness (QED) is 0.0533. The number of imidazole rings is 1. The van der Waals surface area contributed by atoms with Crippen LogP contribution in [0.5, 0.6) is 0 Å². The highest BCUT2D eigenvalue weighted by Gasteiger charge is 2.45. The number of thioether (sulfide) groups is 1. The lowest BCUT2D eigenvalue weighted by Crippen LogP contribution is -2.41. The van der Waals surface area contributed by atoms with E-state index in [1.807, 2.05) is 73.8 Å². The van der Waals surface area contributed by atoms with Gasteiger partial charge >= 0.3 is 5.97 Å². The number of rotatable bonds is 15. The van der Waals surface area contributed by atoms with Crippen LogP contribution in [0.4, 0.5) is 5.69 Å². The summed E-state index contributed by atoms with van der Waals surface area (Å²) >= 11 is 1.65. The van der Waals surface area contributed by atoms with Gasteiger partial charge in [0.1, 0.15) is 11.7 Å². The number of hydrogen-bond donors (Lipinski definition) is 5. The van der Waals surface area contributed by atoms with Crippen LogP contribution >= 0.6 is 11.8 Å². The summed E-state index contributed by atoms with van der Waals surface area (Å²) in [5.41, 5.74) is 6.90. The van der Waals surface area contributed by atoms with Crippen LogP contribution in [-0.2, 0) is 10.2 Å². The number of carboxylic acid groups (broad SMARTS) is 1. The molecule has 0 fully saturated rings. The summed E-state index contributed by atoms with van der Waals surface area (Å²) in [6, 6.07) is 45.9. The van der Waals surface area contributed by atoms with Crippen LogP contribution in [0.15, 0.2) is 152 Å². The summed E-state index contributed by atoms with van der Waals surface area (Å²) in [7, 11) is 0. The van der Waals surface area contributed by atoms with E-state index in [-0.39, 0.29) is 6.04 Å². The maximum absolute atomic E-state index is 13.9. The zero-order chi connectivity index (χ0) is 36.6. The Balaban J connectivity index is 1.39. The predicted octanol–water partition coefficient (Wildman–Crippen LogP) is 9.07. The number of aliphatic carboxylic acids is 1. The van der Waals surface area contributed by atoms with Crippen LogP contribution in [-0.4, -0.2) is 49.5 Å². The average molecular weight is 720 g/mol. The molecular weight excluding hydrogens is 679 g/mol. The number of aromatic amines is 2. The molecule has 2 aromatic heterocycles. The van der Waals surface area contributed by atoms with E-state index in [9.17, 15) is 14.7 Å². The summed E-state index contributed by atoms with van der Waals surface area (Å²) in [6.07, 6.45) is 3.90. The van der Waals surface area contributed by atoms with Gasteiger partial charge in [-0.15, -0.1) is 0 Å². The van der Waals surface area contributed by atoms with Crippen LogP contribution in [0.1, 0.15) is 52.3 Å². The summed E-state index contributed by atoms with van der Waals surface area (Å²) in [4.78, 5) is 37.3. The highest BCUT2D eigenvalue weighted by molar-refractivity contribution is 7.99. The Hall–Kier alpha value is -6.06. The van der Waals surface area contributed by atoms with Crippen molar-refractivity contribution in [1.82, 2.24) is 20.3 Å². The fourth-order valence-electron chi connectivity index (χ4n) is 7.30. The van der Waals surface area contributed by atoms with Gasteiger partial charge in [0.2, 0.25) is 0 Å². The Bertz CT molecular complexity index is 2160. The number of nitrogens with one attached hydrogen (secondary N) is 4. The van der Waals surface area contributed by atoms with Crippen molar-refractivity contribution in [2.24, 2.45) is 0 Å². The predicted molar refractivity (Wildman–Crippen MR) is 214 cm³/mol. The third-order valence-electron chi connectivity index (χ3n) is 9.71. The van der Waals surface area contributed by atoms with E-state index in [0.717, 1.165) is 50.3 Å². The lowest BCUT2D eigenvalue weighted by molar-refractivity contribution is -0.139. The first-order valence-electron chi connectivity index (χ1n) is 17.7. The molecule has 0 aliphatic heterocycles. The molecule has 0 saturated carbocycles. The molecule has 266 valence electrons. The molecular formula is C44H41N5O3S. The van der Waals surface area contributed by atoms with E-state index < -0.39 is 23.3 Å². The Kier molecular flexibility index (Phi) is 10.7. The van der Waals surface area contributed by atoms with Gasteiger partial charge in [-0.25, -0.2) is 9.78 Å². The zero-order valence-corrected chi connectivity index (χ0v) is 30.1. The SMILES string of the molecule is CCSCC[C@H](NC(=O)c1[nH]c2ccc(NC(c3cnc[nH]3)C(c3ccccc3)(c3ccccc3)c3ccccc3)cc2c1-c1ccccc1)C(=O)O. The molecule has 0 saturated heterocycles. The van der Waals surface area contributed by atoms with Gasteiger partial charge in [-0.3, -0.25) is 4.79 Å². The van der Waals surface area contributed by atoms with Crippen molar-refractivity contribution in [3.63, 3.8) is 0 Å². The molecule has 5 aromatic carbocycles. The molecule has 9 heteroatoms. The van der Waals surface area contributed by atoms with Crippen molar-refractivity contribution in [3.8, 4) is 11.1 Å². The maximum atomic E-state index is 13.9. The van der Waals surface area contributed by atoms with Crippen molar-refractivity contribution in [2.75, 3.05) is 16.8 Å². The first kappa shape index (κ1) is 35.3. The van der Waals surface area contributed by atoms with Crippen LogP contribution in [0.3, 0.4) is 0 Å². The molecule has 2 heterocycles. The topological polar surface area (TPSA) is 123 Å². The number of carboxylic acids is 1. The lowest BCUT2D eigenvalue weighted by Gasteiger charge is -2.43. The van der Waals surface area contributed by atoms with Crippen LogP contribution in [0, 0.1) is 0 Å². The molecule has 0 aliphatic rings. The molecule has 7 rings (SSSR count). The Morgan fingerprint density at radius 2 is 1.40 bits per heavy atom. The van der Waals surface area contributed by atoms with Gasteiger partial charge < -0.3 is 25.7 Å². The fraction of sp³-hybridized carbons (Fsp3) is 0.159. The summed E-state index contributed by atoms with van der Waals surface area (Å²) < 4.78 is 0. The average Bonchev–Trinajstić information content (AvgIpc) is 3.88. The van der Waals surface area contributed by atoms with E-state index in [2.05, 4.69) is 104 Å². The molecule has 7 aromatic rings. The number of amides is 1. The van der Waals surface area contributed by atoms with Gasteiger partial charge in [-0.1, -0.05) is 128 Å². The standard InChI is InChI=1S/C44H41N5O3S/c1-2-53-26-25-37(43(51)52)49-42(50)40-39(30-15-7-3-8-16-30)35-27-34(23-24-36(35)48-40)47-41(38-28-45-29-46-38)44(31-17-9-4-10-18-31,32-19-11-5-12-20-32)33-21-13-6-14-22-33/h3-24,27-29,37,41,47-48H,2,25-26H2,1H3,(H,45,46)(H,49,50)(H,51,52)/t37-,41?/m0/s1. The zero-order valence-electron chi connectivity index (χ0n) is 29.3. The van der Waals surface area contributed by atoms with Crippen molar-refractivity contribution < 1.29 is 14.7 Å². The molecule has 0 aliphatic carbocycles. The summed E-state index contributed by atoms with van der Waals surface area (Å²) in [5, 5.41) is 17.5. The first-order valence-corrected chi connectivity index (χ1v) is 18.9. The van der Waals surface area contributed by atoms with Gasteiger partial charge in [-0.05, 0) is 58.4 Å². The number of H-pyrrole nitrogens is 2. The second kappa shape index (κ2) is 16.1. The lowest BCUT2D eigenvalue weighted by atomic mass is 9.63. The number of carbonyl (C=O) groups is 2. The monoisotopic (exact) mass is 719 g/mol. The van der Waals surface area contributed by atoms with Crippen LogP contribution < -0.4 is 10.6 Å². The van der Waals surface area contributed by atoms with Crippen LogP contribution in [0.2, 0.25) is 0 Å². The van der Waals surface area contributed by atoms with Crippen molar-refractivity contribution in [1.29, 1.82) is 0 Å². The first-order chi connectivity index (χ1) is 26.0. The highest BCUT2D eigenvalue weighted by atomic mass is 32.2. The molecule has 0 spiro atoms. The Morgan fingerprint density at radius 1 is 0.811 bits per heavy atom. The van der Waals surface area contributed by atoms with E-state index >= 15 is 0 Å². The van der Waals surface area contributed by atoms with E-state index in [1.54, 1.807) is 18.1 Å². The van der Waals surface area contributed by atoms with E-state index in [4.69, 9.17) is 0 Å². The number of hydrogen-bond acceptors (Lipinski definition) is 5. The molecule has 0 radical (unpaired) electrons. The number of carbonyl (C=O) groups excluding carboxylic acids is 1. The second-order valence-electron chi connectivity index (χ2n) is 12.8. The molecule has 1 amide bonds. The van der Waals surface area contributed by atoms with Gasteiger partial charge in [-0.2, -0.15) is 11.8 Å². The van der Waals surface area contributed by atoms with Gasteiger partial charge in [0, 0.05) is 22.2 Å². The highest BCUT2D eigenvalue weighted by Crippen LogP contribution is 2.50. The van der Waals surface area contributed by atoms with E-state index in [0.29, 0.717) is 23.4 Å². The normalized spacial score (nSPS) is 12.6. The van der Waals surface area contributed by atoms with Crippen molar-refractivity contribution in [3.05, 3.63) is 180 Å². The fourth-order valence-corrected chi connectivity index (χ4v) is 7.99. The number of aromatic nitrogens is 3. The van der Waals surface area contributed by atoms with Crippen molar-refractivity contribution in [2.45, 2.75) is 30.8 Å². The van der Waals surface area contributed by atoms with E-state index in [1.165, 1.54) is 0 Å². The third-order valence-corrected chi connectivity index (χ3v) is 10.6. The number of anilines is 1. The minimum atomic E-state index is -1.05. The van der Waals surface area contributed by atoms with Gasteiger partial charge in [0.25, 0.3) is 5.91 Å². The molecule has 8 nitrogen and oxygen atoms in total. The minimum absolute atomic E-state index is 0.315. The molecule has 0 bridgehead atoms. The molecule has 2 atom stereocenters. The smallest absolute Gasteiger partial charge is 0.326 e. The number of nitrogens with zero attached hydrogens (tertiary/aromatic N) is 1. The van der Waals surface area contributed by atoms with Gasteiger partial charge in [0.15, 0.2) is 0 Å². The number of benzene rings is 5. The summed E-state index contributed by atoms with van der Waals surface area (Å²) in [6.45, 7) is 2.03.